The fraction of sp³-hybridized carbons (Fsp3) is 0.463. The summed E-state index contributed by atoms with van der Waals surface area (Å²) in [5.74, 6) is -0.0617. The summed E-state index contributed by atoms with van der Waals surface area (Å²) in [7, 11) is 0.889. The average molecular weight is 715 g/mol. The number of para-hydroxylation sites is 1. The number of hydrogen-bond donors (Lipinski definition) is 3. The van der Waals surface area contributed by atoms with E-state index in [9.17, 15) is 19.2 Å². The molecule has 10 heteroatoms. The Morgan fingerprint density at radius 3 is 1.12 bits per heavy atom. The Morgan fingerprint density at radius 2 is 0.843 bits per heavy atom. The van der Waals surface area contributed by atoms with E-state index >= 15 is 0 Å². The molecule has 0 saturated heterocycles. The van der Waals surface area contributed by atoms with E-state index in [1.165, 1.54) is 26.3 Å². The molecule has 3 aromatic rings. The van der Waals surface area contributed by atoms with Gasteiger partial charge in [0.05, 0.1) is 0 Å². The van der Waals surface area contributed by atoms with Crippen molar-refractivity contribution in [2.75, 3.05) is 23.0 Å². The van der Waals surface area contributed by atoms with Crippen LogP contribution in [-0.4, -0.2) is 35.5 Å². The van der Waals surface area contributed by atoms with E-state index in [0.717, 1.165) is 31.3 Å². The number of benzene rings is 3. The van der Waals surface area contributed by atoms with Crippen molar-refractivity contribution in [3.63, 3.8) is 0 Å². The number of nitrogens with zero attached hydrogens (tertiary/aromatic N) is 1. The first-order valence-electron chi connectivity index (χ1n) is 18.1. The maximum Gasteiger partial charge on any atom is 0.221 e. The molecule has 3 rings (SSSR count). The van der Waals surface area contributed by atoms with Crippen molar-refractivity contribution >= 4 is 40.6 Å². The minimum Gasteiger partial charge on any atom is -0.326 e. The molecule has 0 unspecified atom stereocenters. The molecule has 0 aliphatic heterocycles. The van der Waals surface area contributed by atoms with Crippen LogP contribution in [0.15, 0.2) is 78.9 Å². The molecule has 290 valence electrons. The molecule has 0 spiro atoms. The van der Waals surface area contributed by atoms with Gasteiger partial charge in [0.15, 0.2) is 12.8 Å². The number of carbonyl (C=O) groups is 4. The SMILES string of the molecule is CC.CC.CC.CC.CC.CC(=O)Nc1ccccc1.CCC(=O)c1ccc(NC(C)=O)cc1.CCCc1ccc(NC(C)=O)cc1.C[N+](=O)[O-]. The van der Waals surface area contributed by atoms with E-state index in [0.29, 0.717) is 17.7 Å². The van der Waals surface area contributed by atoms with Gasteiger partial charge in [-0.25, -0.2) is 0 Å². The van der Waals surface area contributed by atoms with E-state index < -0.39 is 4.92 Å². The fourth-order valence-electron chi connectivity index (χ4n) is 3.12. The summed E-state index contributed by atoms with van der Waals surface area (Å²) in [6.07, 6.45) is 2.75. The number of nitro groups is 1. The third-order valence-corrected chi connectivity index (χ3v) is 4.76. The fourth-order valence-corrected chi connectivity index (χ4v) is 3.12. The van der Waals surface area contributed by atoms with E-state index in [4.69, 9.17) is 10.1 Å². The Kier molecular flexibility index (Phi) is 51.6. The lowest BCUT2D eigenvalue weighted by molar-refractivity contribution is -0.445. The highest BCUT2D eigenvalue weighted by Crippen LogP contribution is 2.11. The van der Waals surface area contributed by atoms with Gasteiger partial charge in [0, 0.05) is 54.7 Å². The number of amides is 3. The van der Waals surface area contributed by atoms with Crippen LogP contribution in [-0.2, 0) is 20.8 Å². The van der Waals surface area contributed by atoms with E-state index in [-0.39, 0.29) is 23.5 Å². The molecule has 3 amide bonds. The van der Waals surface area contributed by atoms with Gasteiger partial charge in [-0.05, 0) is 60.5 Å². The van der Waals surface area contributed by atoms with Crippen LogP contribution in [0.1, 0.15) is 133 Å². The Labute approximate surface area is 310 Å². The molecule has 0 bridgehead atoms. The lowest BCUT2D eigenvalue weighted by atomic mass is 10.1. The van der Waals surface area contributed by atoms with Gasteiger partial charge < -0.3 is 16.0 Å². The highest BCUT2D eigenvalue weighted by Gasteiger charge is 2.02. The molecule has 0 aromatic heterocycles. The van der Waals surface area contributed by atoms with Crippen molar-refractivity contribution in [3.8, 4) is 0 Å². The third kappa shape index (κ3) is 43.1. The van der Waals surface area contributed by atoms with Gasteiger partial charge in [0.25, 0.3) is 0 Å². The minimum atomic E-state index is -0.500. The molecule has 10 nitrogen and oxygen atoms in total. The summed E-state index contributed by atoms with van der Waals surface area (Å²) < 4.78 is 0. The highest BCUT2D eigenvalue weighted by atomic mass is 16.6. The molecule has 0 atom stereocenters. The van der Waals surface area contributed by atoms with Gasteiger partial charge >= 0.3 is 0 Å². The van der Waals surface area contributed by atoms with Crippen LogP contribution in [0.4, 0.5) is 17.1 Å². The maximum atomic E-state index is 11.3. The zero-order valence-electron chi connectivity index (χ0n) is 34.5. The predicted octanol–water partition coefficient (Wildman–Crippen LogP) is 11.5. The standard InChI is InChI=1S/C11H13NO2.C11H15NO.C8H9NO.5C2H6.CH3NO2/c1-3-11(14)9-4-6-10(7-5-9)12-8(2)13;1-3-4-10-5-7-11(8-6-10)12-9(2)13;1-7(10)9-8-5-3-2-4-6-8;5*1-2;1-2(3)4/h4-7H,3H2,1-2H3,(H,12,13);5-8H,3-4H2,1-2H3,(H,12,13);2-6H,1H3,(H,9,10);5*1-2H3;1H3. The second kappa shape index (κ2) is 45.1. The van der Waals surface area contributed by atoms with Crippen LogP contribution in [0.5, 0.6) is 0 Å². The van der Waals surface area contributed by atoms with E-state index in [1.807, 2.05) is 119 Å². The Morgan fingerprint density at radius 1 is 0.549 bits per heavy atom. The molecule has 0 aliphatic rings. The quantitative estimate of drug-likeness (QED) is 0.126. The number of nitrogens with one attached hydrogen (secondary N) is 3. The van der Waals surface area contributed by atoms with Gasteiger partial charge in [0.2, 0.25) is 17.7 Å². The Balaban J connectivity index is -0.000000127. The first kappa shape index (κ1) is 58.4. The van der Waals surface area contributed by atoms with Crippen LogP contribution >= 0.6 is 0 Å². The summed E-state index contributed by atoms with van der Waals surface area (Å²) >= 11 is 0. The molecule has 0 fully saturated rings. The Bertz CT molecular complexity index is 1230. The monoisotopic (exact) mass is 715 g/mol. The van der Waals surface area contributed by atoms with Gasteiger partial charge in [0.1, 0.15) is 0 Å². The van der Waals surface area contributed by atoms with Crippen molar-refractivity contribution in [1.82, 2.24) is 0 Å². The topological polar surface area (TPSA) is 148 Å². The van der Waals surface area contributed by atoms with Gasteiger partial charge in [-0.3, -0.25) is 29.3 Å². The number of hydrogen-bond acceptors (Lipinski definition) is 6. The molecule has 0 aliphatic carbocycles. The van der Waals surface area contributed by atoms with E-state index in [2.05, 4.69) is 35.0 Å². The molecule has 51 heavy (non-hydrogen) atoms. The maximum absolute atomic E-state index is 11.3. The summed E-state index contributed by atoms with van der Waals surface area (Å²) in [5, 5.41) is 16.8. The first-order chi connectivity index (χ1) is 24.4. The van der Waals surface area contributed by atoms with Crippen molar-refractivity contribution in [1.29, 1.82) is 0 Å². The van der Waals surface area contributed by atoms with Crippen molar-refractivity contribution in [2.24, 2.45) is 0 Å². The van der Waals surface area contributed by atoms with Crippen molar-refractivity contribution < 1.29 is 24.1 Å². The number of rotatable bonds is 7. The first-order valence-corrected chi connectivity index (χ1v) is 18.1. The van der Waals surface area contributed by atoms with Crippen LogP contribution < -0.4 is 16.0 Å². The molecule has 3 N–H and O–H groups in total. The number of anilines is 3. The number of ketones is 1. The number of aryl methyl sites for hydroxylation is 1. The smallest absolute Gasteiger partial charge is 0.221 e. The van der Waals surface area contributed by atoms with Crippen LogP contribution in [0, 0.1) is 10.1 Å². The number of Topliss-reactive ketones (excluding diaryl/α,β-unsaturated/α-hetero) is 1. The second-order valence-electron chi connectivity index (χ2n) is 8.65. The zero-order valence-corrected chi connectivity index (χ0v) is 34.5. The van der Waals surface area contributed by atoms with Gasteiger partial charge in [-0.1, -0.05) is 120 Å². The molecular weight excluding hydrogens is 644 g/mol. The van der Waals surface area contributed by atoms with Crippen LogP contribution in [0.2, 0.25) is 0 Å². The Hall–Kier alpha value is -4.86. The molecule has 3 aromatic carbocycles. The predicted molar refractivity (Wildman–Crippen MR) is 221 cm³/mol. The van der Waals surface area contributed by atoms with Gasteiger partial charge in [-0.15, -0.1) is 0 Å². The van der Waals surface area contributed by atoms with Crippen LogP contribution in [0.25, 0.3) is 0 Å². The third-order valence-electron chi connectivity index (χ3n) is 4.76. The van der Waals surface area contributed by atoms with Crippen molar-refractivity contribution in [3.05, 3.63) is 100 Å². The molecular formula is C41H70N4O6. The number of carbonyl (C=O) groups excluding carboxylic acids is 4. The largest absolute Gasteiger partial charge is 0.326 e. The normalized spacial score (nSPS) is 7.92. The van der Waals surface area contributed by atoms with E-state index in [1.54, 1.807) is 24.3 Å². The average Bonchev–Trinajstić information content (AvgIpc) is 3.13. The minimum absolute atomic E-state index is 0.0248. The molecule has 0 heterocycles. The molecule has 0 saturated carbocycles. The van der Waals surface area contributed by atoms with Crippen molar-refractivity contribution in [2.45, 2.75) is 123 Å². The molecule has 0 radical (unpaired) electrons. The summed E-state index contributed by atoms with van der Waals surface area (Å²) in [5.41, 5.74) is 4.42. The zero-order chi connectivity index (χ0) is 41.2. The summed E-state index contributed by atoms with van der Waals surface area (Å²) in [6.45, 7) is 28.4. The highest BCUT2D eigenvalue weighted by molar-refractivity contribution is 5.96. The second-order valence-corrected chi connectivity index (χ2v) is 8.65. The summed E-state index contributed by atoms with van der Waals surface area (Å²) in [6, 6.07) is 24.2. The van der Waals surface area contributed by atoms with Gasteiger partial charge in [-0.2, -0.15) is 0 Å². The lowest BCUT2D eigenvalue weighted by Crippen LogP contribution is -2.06. The van der Waals surface area contributed by atoms with Crippen LogP contribution in [0.3, 0.4) is 0 Å². The summed E-state index contributed by atoms with van der Waals surface area (Å²) in [4.78, 5) is 51.5. The lowest BCUT2D eigenvalue weighted by Gasteiger charge is -2.03.